The maximum absolute atomic E-state index is 12.1. The number of amidine groups is 1. The smallest absolute Gasteiger partial charge is 0.308 e. The van der Waals surface area contributed by atoms with Gasteiger partial charge in [-0.3, -0.25) is 9.59 Å². The number of carbonyl (C=O) groups is 3. The van der Waals surface area contributed by atoms with E-state index in [0.717, 1.165) is 6.42 Å². The highest BCUT2D eigenvalue weighted by Gasteiger charge is 2.48. The zero-order chi connectivity index (χ0) is 28.7. The molecule has 0 saturated carbocycles. The third-order valence-electron chi connectivity index (χ3n) is 6.59. The Morgan fingerprint density at radius 3 is 2.51 bits per heavy atom. The second-order valence-corrected chi connectivity index (χ2v) is 9.32. The number of carboxylic acids is 1. The molecule has 0 fully saturated rings. The molecular formula is C28H34N4O7. The van der Waals surface area contributed by atoms with Crippen molar-refractivity contribution in [2.45, 2.75) is 66.2 Å². The Morgan fingerprint density at radius 1 is 1.15 bits per heavy atom. The average molecular weight is 539 g/mol. The fraction of sp³-hybridized carbons (Fsp3) is 0.429. The van der Waals surface area contributed by atoms with E-state index in [1.54, 1.807) is 19.1 Å². The molecular weight excluding hydrogens is 504 g/mol. The topological polar surface area (TPSA) is 150 Å². The average Bonchev–Trinajstić information content (AvgIpc) is 3.29. The number of ether oxygens (including phenoxy) is 2. The van der Waals surface area contributed by atoms with Gasteiger partial charge in [0.25, 0.3) is 5.84 Å². The zero-order valence-electron chi connectivity index (χ0n) is 22.8. The number of carboxylic acid groups (broad SMARTS) is 1. The largest absolute Gasteiger partial charge is 0.545 e. The number of hydrogen-bond donors (Lipinski definition) is 1. The maximum Gasteiger partial charge on any atom is 0.308 e. The summed E-state index contributed by atoms with van der Waals surface area (Å²) < 4.78 is 11.0. The summed E-state index contributed by atoms with van der Waals surface area (Å²) in [5.41, 5.74) is 1.28. The number of likely N-dealkylation sites (N-methyl/N-ethyl adjacent to an activating group) is 1. The Labute approximate surface area is 227 Å². The summed E-state index contributed by atoms with van der Waals surface area (Å²) in [4.78, 5) is 35.7. The van der Waals surface area contributed by atoms with Crippen molar-refractivity contribution in [3.63, 3.8) is 0 Å². The predicted octanol–water partition coefficient (Wildman–Crippen LogP) is 4.04. The fourth-order valence-corrected chi connectivity index (χ4v) is 4.69. The first-order valence-corrected chi connectivity index (χ1v) is 13.0. The van der Waals surface area contributed by atoms with Crippen LogP contribution in [0.3, 0.4) is 0 Å². The van der Waals surface area contributed by atoms with Crippen LogP contribution in [0.1, 0.15) is 75.7 Å². The van der Waals surface area contributed by atoms with Gasteiger partial charge < -0.3 is 24.5 Å². The van der Waals surface area contributed by atoms with E-state index in [-0.39, 0.29) is 51.7 Å². The molecule has 1 N–H and O–H groups in total. The zero-order valence-corrected chi connectivity index (χ0v) is 22.8. The Morgan fingerprint density at radius 2 is 1.90 bits per heavy atom. The van der Waals surface area contributed by atoms with E-state index < -0.39 is 11.9 Å². The van der Waals surface area contributed by atoms with Crippen LogP contribution in [0.4, 0.5) is 0 Å². The first kappa shape index (κ1) is 29.4. The molecule has 3 rings (SSSR count). The van der Waals surface area contributed by atoms with Crippen LogP contribution >= 0.6 is 0 Å². The lowest BCUT2D eigenvalue weighted by molar-refractivity contribution is -0.808. The first-order chi connectivity index (χ1) is 18.6. The number of phenolic OH excluding ortho intramolecular Hbond substituents is 1. The van der Waals surface area contributed by atoms with E-state index in [1.165, 1.54) is 19.9 Å². The van der Waals surface area contributed by atoms with Gasteiger partial charge in [0.1, 0.15) is 18.0 Å². The SMILES string of the molecule is C=C1CC=C(C(=O)[O-])C([N+]2(CC)N=NN=C2CCCCOc2ccc(C(C)=O)c(O)c2CCC)=C1OC(C)=O. The van der Waals surface area contributed by atoms with Crippen molar-refractivity contribution in [1.82, 2.24) is 0 Å². The molecule has 1 aliphatic carbocycles. The Hall–Kier alpha value is -4.12. The van der Waals surface area contributed by atoms with Gasteiger partial charge >= 0.3 is 5.97 Å². The molecule has 1 aromatic carbocycles. The Bertz CT molecular complexity index is 1310. The summed E-state index contributed by atoms with van der Waals surface area (Å²) in [5.74, 6) is -1.25. The number of benzene rings is 1. The summed E-state index contributed by atoms with van der Waals surface area (Å²) in [5, 5.41) is 34.9. The van der Waals surface area contributed by atoms with Crippen molar-refractivity contribution >= 4 is 23.6 Å². The highest BCUT2D eigenvalue weighted by Crippen LogP contribution is 2.40. The number of aliphatic carboxylic acids is 1. The van der Waals surface area contributed by atoms with Gasteiger partial charge in [0.2, 0.25) is 5.70 Å². The molecule has 0 bridgehead atoms. The van der Waals surface area contributed by atoms with Gasteiger partial charge in [-0.15, -0.1) is 0 Å². The van der Waals surface area contributed by atoms with E-state index in [9.17, 15) is 24.6 Å². The van der Waals surface area contributed by atoms with Crippen molar-refractivity contribution in [3.8, 4) is 11.5 Å². The molecule has 0 amide bonds. The van der Waals surface area contributed by atoms with E-state index in [1.807, 2.05) is 6.92 Å². The molecule has 208 valence electrons. The molecule has 1 atom stereocenters. The molecule has 11 nitrogen and oxygen atoms in total. The third-order valence-corrected chi connectivity index (χ3v) is 6.59. The van der Waals surface area contributed by atoms with Gasteiger partial charge in [-0.2, -0.15) is 0 Å². The van der Waals surface area contributed by atoms with Gasteiger partial charge in [0.05, 0.1) is 28.9 Å². The summed E-state index contributed by atoms with van der Waals surface area (Å²) in [7, 11) is 0. The number of phenols is 1. The van der Waals surface area contributed by atoms with Crippen LogP contribution in [0.5, 0.6) is 11.5 Å². The van der Waals surface area contributed by atoms with E-state index in [2.05, 4.69) is 22.1 Å². The van der Waals surface area contributed by atoms with Gasteiger partial charge in [-0.25, -0.2) is 0 Å². The number of allylic oxidation sites excluding steroid dienone is 2. The summed E-state index contributed by atoms with van der Waals surface area (Å²) in [6.07, 6.45) is 4.61. The molecule has 2 aliphatic rings. The molecule has 1 aromatic rings. The van der Waals surface area contributed by atoms with E-state index >= 15 is 0 Å². The van der Waals surface area contributed by atoms with Gasteiger partial charge in [-0.05, 0) is 57.2 Å². The Balaban J connectivity index is 1.77. The maximum atomic E-state index is 12.1. The van der Waals surface area contributed by atoms with Gasteiger partial charge in [0.15, 0.2) is 11.5 Å². The van der Waals surface area contributed by atoms with Crippen molar-refractivity contribution in [2.24, 2.45) is 15.5 Å². The van der Waals surface area contributed by atoms with Crippen LogP contribution in [0.2, 0.25) is 0 Å². The normalized spacial score (nSPS) is 18.6. The van der Waals surface area contributed by atoms with Crippen LogP contribution in [0.25, 0.3) is 0 Å². The van der Waals surface area contributed by atoms with Gasteiger partial charge in [-0.1, -0.05) is 35.7 Å². The van der Waals surface area contributed by atoms with E-state index in [0.29, 0.717) is 55.0 Å². The lowest BCUT2D eigenvalue weighted by atomic mass is 9.95. The van der Waals surface area contributed by atoms with Crippen molar-refractivity contribution < 1.29 is 38.7 Å². The number of quaternary nitrogens is 1. The molecule has 0 radical (unpaired) electrons. The quantitative estimate of drug-likeness (QED) is 0.172. The lowest BCUT2D eigenvalue weighted by Gasteiger charge is -2.32. The second-order valence-electron chi connectivity index (χ2n) is 9.32. The van der Waals surface area contributed by atoms with Crippen LogP contribution in [0, 0.1) is 0 Å². The van der Waals surface area contributed by atoms with Gasteiger partial charge in [0, 0.05) is 24.1 Å². The number of unbranched alkanes of at least 4 members (excludes halogenated alkanes) is 1. The molecule has 11 heteroatoms. The number of ketones is 1. The summed E-state index contributed by atoms with van der Waals surface area (Å²) in [6, 6.07) is 3.26. The molecule has 0 aromatic heterocycles. The lowest BCUT2D eigenvalue weighted by Crippen LogP contribution is -2.49. The van der Waals surface area contributed by atoms with Crippen molar-refractivity contribution in [3.05, 3.63) is 58.5 Å². The number of esters is 1. The van der Waals surface area contributed by atoms with Crippen LogP contribution in [0.15, 0.2) is 62.9 Å². The van der Waals surface area contributed by atoms with Crippen molar-refractivity contribution in [2.75, 3.05) is 13.2 Å². The molecule has 1 heterocycles. The molecule has 0 saturated heterocycles. The van der Waals surface area contributed by atoms with Crippen LogP contribution in [-0.4, -0.2) is 46.4 Å². The number of hydrogen-bond acceptors (Lipinski definition) is 10. The minimum absolute atomic E-state index is 0.0419. The standard InChI is InChI=1S/C28H34N4O7/c1-6-10-21-23(15-14-20(18(4)33)26(21)35)38-16-9-8-11-24-29-30-31-32(24,7-2)25-22(28(36)37)13-12-17(3)27(25)39-19(5)34/h13-15H,3,6-12,16H2,1-2,4-5H3,(H-,33,35,36,37). The number of carbonyl (C=O) groups excluding carboxylic acids is 3. The number of Topliss-reactive ketones (excluding diaryl/α,β-unsaturated/α-hetero) is 1. The number of nitrogens with zero attached hydrogens (tertiary/aromatic N) is 4. The predicted molar refractivity (Wildman–Crippen MR) is 140 cm³/mol. The minimum Gasteiger partial charge on any atom is -0.545 e. The minimum atomic E-state index is -1.43. The third kappa shape index (κ3) is 6.14. The summed E-state index contributed by atoms with van der Waals surface area (Å²) in [6.45, 7) is 11.0. The molecule has 39 heavy (non-hydrogen) atoms. The number of aromatic hydroxyl groups is 1. The fourth-order valence-electron chi connectivity index (χ4n) is 4.69. The summed E-state index contributed by atoms with van der Waals surface area (Å²) >= 11 is 0. The number of rotatable bonds is 13. The second kappa shape index (κ2) is 12.6. The highest BCUT2D eigenvalue weighted by atomic mass is 16.5. The molecule has 1 aliphatic heterocycles. The van der Waals surface area contributed by atoms with Crippen LogP contribution < -0.4 is 9.84 Å². The van der Waals surface area contributed by atoms with Crippen LogP contribution in [-0.2, 0) is 20.7 Å². The van der Waals surface area contributed by atoms with Crippen molar-refractivity contribution in [1.29, 1.82) is 0 Å². The first-order valence-electron chi connectivity index (χ1n) is 13.0. The Kier molecular flexibility index (Phi) is 9.52. The monoisotopic (exact) mass is 538 g/mol. The molecule has 1 unspecified atom stereocenters. The highest BCUT2D eigenvalue weighted by molar-refractivity contribution is 5.97. The molecule has 0 spiro atoms. The van der Waals surface area contributed by atoms with E-state index in [4.69, 9.17) is 9.47 Å².